The van der Waals surface area contributed by atoms with Crippen LogP contribution in [0.25, 0.3) is 0 Å². The van der Waals surface area contributed by atoms with Crippen LogP contribution in [0.4, 0.5) is 17.3 Å². The van der Waals surface area contributed by atoms with Crippen molar-refractivity contribution in [1.82, 2.24) is 9.88 Å². The lowest BCUT2D eigenvalue weighted by Gasteiger charge is -2.07. The number of unbranched alkanes of at least 4 members (excludes halogenated alkanes) is 1. The molecule has 1 heterocycles. The van der Waals surface area contributed by atoms with Gasteiger partial charge in [0.25, 0.3) is 0 Å². The monoisotopic (exact) mass is 315 g/mol. The van der Waals surface area contributed by atoms with Gasteiger partial charge in [0, 0.05) is 17.3 Å². The number of azo groups is 1. The molecule has 0 aliphatic heterocycles. The average molecular weight is 315 g/mol. The Bertz CT molecular complexity index is 640. The van der Waals surface area contributed by atoms with Crippen molar-refractivity contribution in [2.45, 2.75) is 19.8 Å². The van der Waals surface area contributed by atoms with Gasteiger partial charge < -0.3 is 10.6 Å². The van der Waals surface area contributed by atoms with E-state index in [0.717, 1.165) is 42.4 Å². The Morgan fingerprint density at radius 1 is 1.17 bits per heavy atom. The van der Waals surface area contributed by atoms with Crippen molar-refractivity contribution in [2.75, 3.05) is 25.5 Å². The van der Waals surface area contributed by atoms with E-state index in [4.69, 9.17) is 0 Å². The SMILES string of the molecule is CNCCCCNc1ccc(N=Nc2n(C)cc[n+]2C)c(C)c1. The number of nitrogens with zero attached hydrogens (tertiary/aromatic N) is 4. The fourth-order valence-electron chi connectivity index (χ4n) is 2.36. The maximum absolute atomic E-state index is 4.38. The molecule has 0 aliphatic carbocycles. The first-order chi connectivity index (χ1) is 11.1. The lowest BCUT2D eigenvalue weighted by Crippen LogP contribution is -2.25. The van der Waals surface area contributed by atoms with E-state index in [0.29, 0.717) is 0 Å². The van der Waals surface area contributed by atoms with Gasteiger partial charge in [0.05, 0.1) is 26.5 Å². The zero-order valence-electron chi connectivity index (χ0n) is 14.5. The number of rotatable bonds is 8. The van der Waals surface area contributed by atoms with Crippen LogP contribution >= 0.6 is 0 Å². The summed E-state index contributed by atoms with van der Waals surface area (Å²) < 4.78 is 3.89. The van der Waals surface area contributed by atoms with Crippen molar-refractivity contribution in [2.24, 2.45) is 24.3 Å². The zero-order chi connectivity index (χ0) is 16.7. The number of aromatic nitrogens is 2. The zero-order valence-corrected chi connectivity index (χ0v) is 14.5. The highest BCUT2D eigenvalue weighted by Crippen LogP contribution is 2.24. The first kappa shape index (κ1) is 17.1. The fourth-order valence-corrected chi connectivity index (χ4v) is 2.36. The fraction of sp³-hybridized carbons (Fsp3) is 0.471. The summed E-state index contributed by atoms with van der Waals surface area (Å²) in [5, 5.41) is 15.3. The first-order valence-electron chi connectivity index (χ1n) is 8.03. The molecule has 0 bridgehead atoms. The van der Waals surface area contributed by atoms with Crippen molar-refractivity contribution in [3.8, 4) is 0 Å². The van der Waals surface area contributed by atoms with Gasteiger partial charge in [-0.2, -0.15) is 0 Å². The van der Waals surface area contributed by atoms with E-state index in [1.54, 1.807) is 0 Å². The minimum absolute atomic E-state index is 0.816. The van der Waals surface area contributed by atoms with Crippen LogP contribution in [0.1, 0.15) is 18.4 Å². The molecule has 124 valence electrons. The van der Waals surface area contributed by atoms with Crippen LogP contribution < -0.4 is 15.2 Å². The lowest BCUT2D eigenvalue weighted by molar-refractivity contribution is -0.657. The van der Waals surface area contributed by atoms with E-state index in [2.05, 4.69) is 39.9 Å². The predicted molar refractivity (Wildman–Crippen MR) is 93.6 cm³/mol. The number of imidazole rings is 1. The third-order valence-electron chi connectivity index (χ3n) is 3.77. The van der Waals surface area contributed by atoms with Gasteiger partial charge in [0.1, 0.15) is 5.69 Å². The molecular formula is C17H27N6+. The number of anilines is 1. The van der Waals surface area contributed by atoms with Crippen molar-refractivity contribution in [1.29, 1.82) is 0 Å². The van der Waals surface area contributed by atoms with Gasteiger partial charge in [0.2, 0.25) is 0 Å². The van der Waals surface area contributed by atoms with Crippen LogP contribution in [0.15, 0.2) is 40.8 Å². The van der Waals surface area contributed by atoms with E-state index < -0.39 is 0 Å². The average Bonchev–Trinajstić information content (AvgIpc) is 2.85. The van der Waals surface area contributed by atoms with Gasteiger partial charge in [-0.3, -0.25) is 0 Å². The molecule has 0 saturated carbocycles. The minimum atomic E-state index is 0.816. The second-order valence-corrected chi connectivity index (χ2v) is 5.76. The summed E-state index contributed by atoms with van der Waals surface area (Å²) in [6.07, 6.45) is 6.26. The maximum atomic E-state index is 4.38. The number of nitrogens with one attached hydrogen (secondary N) is 2. The number of hydrogen-bond donors (Lipinski definition) is 2. The predicted octanol–water partition coefficient (Wildman–Crippen LogP) is 2.98. The van der Waals surface area contributed by atoms with Crippen molar-refractivity contribution >= 4 is 17.3 Å². The molecule has 0 amide bonds. The molecule has 0 saturated heterocycles. The maximum Gasteiger partial charge on any atom is 0.421 e. The standard InChI is InChI=1S/C17H26N6/c1-14-13-15(19-10-6-5-9-18-2)7-8-16(14)20-21-17-22(3)11-12-23(17)4/h7-8,11-13,18H,5-6,9-10H2,1-4H3/p+1. The second-order valence-electron chi connectivity index (χ2n) is 5.76. The van der Waals surface area contributed by atoms with Crippen LogP contribution in [0.3, 0.4) is 0 Å². The van der Waals surface area contributed by atoms with Gasteiger partial charge in [-0.15, -0.1) is 0 Å². The van der Waals surface area contributed by atoms with Gasteiger partial charge in [-0.05, 0) is 57.1 Å². The van der Waals surface area contributed by atoms with Crippen LogP contribution in [0, 0.1) is 6.92 Å². The highest BCUT2D eigenvalue weighted by atomic mass is 15.3. The molecule has 2 aromatic rings. The van der Waals surface area contributed by atoms with Crippen molar-refractivity contribution in [3.05, 3.63) is 36.2 Å². The Labute approximate surface area is 138 Å². The van der Waals surface area contributed by atoms with Gasteiger partial charge in [-0.25, -0.2) is 9.13 Å². The van der Waals surface area contributed by atoms with E-state index in [9.17, 15) is 0 Å². The Balaban J connectivity index is 1.97. The van der Waals surface area contributed by atoms with E-state index in [1.165, 1.54) is 6.42 Å². The topological polar surface area (TPSA) is 57.6 Å². The third kappa shape index (κ3) is 4.89. The number of hydrogen-bond acceptors (Lipinski definition) is 4. The number of benzene rings is 1. The molecule has 2 N–H and O–H groups in total. The third-order valence-corrected chi connectivity index (χ3v) is 3.77. The molecule has 1 aromatic carbocycles. The highest BCUT2D eigenvalue weighted by Gasteiger charge is 2.10. The molecule has 1 aromatic heterocycles. The molecule has 0 unspecified atom stereocenters. The van der Waals surface area contributed by atoms with Crippen molar-refractivity contribution in [3.63, 3.8) is 0 Å². The second kappa shape index (κ2) is 8.43. The Hall–Kier alpha value is -2.21. The van der Waals surface area contributed by atoms with E-state index in [1.807, 2.05) is 48.7 Å². The first-order valence-corrected chi connectivity index (χ1v) is 8.03. The molecule has 0 aliphatic rings. The molecule has 0 spiro atoms. The molecule has 6 heteroatoms. The van der Waals surface area contributed by atoms with Gasteiger partial charge in [-0.1, -0.05) is 5.11 Å². The molecule has 23 heavy (non-hydrogen) atoms. The highest BCUT2D eigenvalue weighted by molar-refractivity contribution is 5.56. The summed E-state index contributed by atoms with van der Waals surface area (Å²) in [7, 11) is 5.91. The summed E-state index contributed by atoms with van der Waals surface area (Å²) in [4.78, 5) is 0. The summed E-state index contributed by atoms with van der Waals surface area (Å²) in [5.74, 6) is 0.816. The molecule has 0 atom stereocenters. The molecule has 2 rings (SSSR count). The van der Waals surface area contributed by atoms with Crippen molar-refractivity contribution < 1.29 is 4.57 Å². The van der Waals surface area contributed by atoms with Gasteiger partial charge >= 0.3 is 5.95 Å². The normalized spacial score (nSPS) is 11.3. The lowest BCUT2D eigenvalue weighted by atomic mass is 10.2. The summed E-state index contributed by atoms with van der Waals surface area (Å²) in [6.45, 7) is 4.11. The van der Waals surface area contributed by atoms with Gasteiger partial charge in [0.15, 0.2) is 0 Å². The summed E-state index contributed by atoms with van der Waals surface area (Å²) in [6, 6.07) is 6.19. The van der Waals surface area contributed by atoms with E-state index in [-0.39, 0.29) is 0 Å². The van der Waals surface area contributed by atoms with Crippen LogP contribution in [-0.4, -0.2) is 24.7 Å². The Morgan fingerprint density at radius 2 is 1.96 bits per heavy atom. The summed E-state index contributed by atoms with van der Waals surface area (Å²) >= 11 is 0. The summed E-state index contributed by atoms with van der Waals surface area (Å²) in [5.41, 5.74) is 3.15. The van der Waals surface area contributed by atoms with Crippen LogP contribution in [0.5, 0.6) is 0 Å². The molecule has 0 radical (unpaired) electrons. The van der Waals surface area contributed by atoms with Crippen LogP contribution in [0.2, 0.25) is 0 Å². The molecule has 6 nitrogen and oxygen atoms in total. The van der Waals surface area contributed by atoms with Crippen LogP contribution in [-0.2, 0) is 14.1 Å². The Kier molecular flexibility index (Phi) is 6.29. The quantitative estimate of drug-likeness (QED) is 0.447. The Morgan fingerprint density at radius 3 is 2.61 bits per heavy atom. The minimum Gasteiger partial charge on any atom is -0.385 e. The number of aryl methyl sites for hydroxylation is 3. The smallest absolute Gasteiger partial charge is 0.385 e. The molecule has 0 fully saturated rings. The molecular weight excluding hydrogens is 288 g/mol. The largest absolute Gasteiger partial charge is 0.421 e. The van der Waals surface area contributed by atoms with E-state index >= 15 is 0 Å².